The Hall–Kier alpha value is -1.22. The minimum Gasteiger partial charge on any atom is -0.481 e. The maximum atomic E-state index is 9.90. The molecule has 1 aliphatic rings. The third-order valence-electron chi connectivity index (χ3n) is 4.08. The molecule has 0 unspecified atom stereocenters. The molecular formula is C18H36O8. The number of aliphatic hydroxyl groups excluding tert-OH is 4. The highest BCUT2D eigenvalue weighted by molar-refractivity contribution is 5.67. The zero-order chi connectivity index (χ0) is 20.2. The number of unbranched alkanes of at least 4 members (excludes halogenated alkanes) is 2. The molecule has 1 fully saturated rings. The van der Waals surface area contributed by atoms with Gasteiger partial charge in [0.2, 0.25) is 0 Å². The molecule has 0 saturated heterocycles. The highest BCUT2D eigenvalue weighted by Gasteiger charge is 2.19. The van der Waals surface area contributed by atoms with E-state index in [0.717, 1.165) is 38.5 Å². The van der Waals surface area contributed by atoms with Gasteiger partial charge in [-0.3, -0.25) is 9.59 Å². The van der Waals surface area contributed by atoms with Crippen LogP contribution < -0.4 is 0 Å². The van der Waals surface area contributed by atoms with Crippen LogP contribution in [0.3, 0.4) is 0 Å². The van der Waals surface area contributed by atoms with Gasteiger partial charge in [0.25, 0.3) is 0 Å². The highest BCUT2D eigenvalue weighted by Crippen LogP contribution is 2.27. The first-order chi connectivity index (χ1) is 12.4. The van der Waals surface area contributed by atoms with Gasteiger partial charge in [0.05, 0.1) is 0 Å². The fourth-order valence-electron chi connectivity index (χ4n) is 2.37. The second kappa shape index (κ2) is 20.1. The number of carboxylic acid groups (broad SMARTS) is 2. The Morgan fingerprint density at radius 3 is 1.12 bits per heavy atom. The maximum absolute atomic E-state index is 9.90. The third kappa shape index (κ3) is 20.8. The molecule has 26 heavy (non-hydrogen) atoms. The monoisotopic (exact) mass is 380 g/mol. The largest absolute Gasteiger partial charge is 0.481 e. The minimum atomic E-state index is -0.870. The lowest BCUT2D eigenvalue weighted by Gasteiger charge is -2.25. The summed E-state index contributed by atoms with van der Waals surface area (Å²) in [6.07, 6.45) is 6.85. The molecule has 6 N–H and O–H groups in total. The number of hydrogen-bond acceptors (Lipinski definition) is 6. The van der Waals surface area contributed by atoms with Crippen LogP contribution in [-0.2, 0) is 9.59 Å². The first-order valence-electron chi connectivity index (χ1n) is 9.28. The lowest BCUT2D eigenvalue weighted by atomic mass is 9.83. The van der Waals surface area contributed by atoms with Gasteiger partial charge < -0.3 is 30.6 Å². The molecule has 1 rings (SSSR count). The summed E-state index contributed by atoms with van der Waals surface area (Å²) in [6.45, 7) is 1.05. The van der Waals surface area contributed by atoms with E-state index in [9.17, 15) is 9.59 Å². The van der Waals surface area contributed by atoms with E-state index in [4.69, 9.17) is 30.6 Å². The van der Waals surface area contributed by atoms with E-state index in [-0.39, 0.29) is 26.1 Å². The smallest absolute Gasteiger partial charge is 0.303 e. The summed E-state index contributed by atoms with van der Waals surface area (Å²) in [6, 6.07) is 0. The lowest BCUT2D eigenvalue weighted by molar-refractivity contribution is -0.139. The Morgan fingerprint density at radius 1 is 0.615 bits per heavy atom. The molecule has 0 bridgehead atoms. The van der Waals surface area contributed by atoms with Crippen molar-refractivity contribution in [1.82, 2.24) is 0 Å². The van der Waals surface area contributed by atoms with E-state index in [0.29, 0.717) is 37.9 Å². The molecule has 0 atom stereocenters. The van der Waals surface area contributed by atoms with Crippen LogP contribution in [0.5, 0.6) is 0 Å². The molecule has 0 aliphatic heterocycles. The molecule has 0 amide bonds. The average Bonchev–Trinajstić information content (AvgIpc) is 2.64. The summed E-state index contributed by atoms with van der Waals surface area (Å²) in [4.78, 5) is 19.8. The molecule has 0 heterocycles. The van der Waals surface area contributed by atoms with Gasteiger partial charge in [-0.15, -0.1) is 0 Å². The molecular weight excluding hydrogens is 344 g/mol. The van der Waals surface area contributed by atoms with E-state index in [1.54, 1.807) is 0 Å². The van der Waals surface area contributed by atoms with Crippen LogP contribution in [0.15, 0.2) is 0 Å². The predicted octanol–water partition coefficient (Wildman–Crippen LogP) is 1.24. The van der Waals surface area contributed by atoms with Crippen LogP contribution in [-0.4, -0.2) is 69.0 Å². The van der Waals surface area contributed by atoms with Gasteiger partial charge >= 0.3 is 11.9 Å². The van der Waals surface area contributed by atoms with Gasteiger partial charge in [-0.25, -0.2) is 0 Å². The van der Waals surface area contributed by atoms with Crippen molar-refractivity contribution in [3.05, 3.63) is 0 Å². The van der Waals surface area contributed by atoms with Crippen molar-refractivity contribution < 1.29 is 40.2 Å². The Kier molecular flexibility index (Phi) is 20.9. The van der Waals surface area contributed by atoms with Crippen LogP contribution in [0.4, 0.5) is 0 Å². The van der Waals surface area contributed by atoms with Crippen molar-refractivity contribution in [2.75, 3.05) is 26.4 Å². The van der Waals surface area contributed by atoms with E-state index in [1.165, 1.54) is 0 Å². The summed E-state index contributed by atoms with van der Waals surface area (Å²) in [5.41, 5.74) is 0. The van der Waals surface area contributed by atoms with Crippen LogP contribution in [0, 0.1) is 11.8 Å². The van der Waals surface area contributed by atoms with Crippen LogP contribution in [0.2, 0.25) is 0 Å². The number of rotatable bonds is 10. The normalized spacial score (nSPS) is 18.8. The van der Waals surface area contributed by atoms with E-state index < -0.39 is 11.9 Å². The van der Waals surface area contributed by atoms with E-state index >= 15 is 0 Å². The molecule has 8 heteroatoms. The SMILES string of the molecule is O=C(O)CCCCC(=O)O.OCC1CCC(CO)CC1.OCCCCO. The molecule has 0 radical (unpaired) electrons. The van der Waals surface area contributed by atoms with Crippen molar-refractivity contribution in [2.45, 2.75) is 64.2 Å². The Labute approximate surface area is 155 Å². The van der Waals surface area contributed by atoms with Gasteiger partial charge in [-0.05, 0) is 63.2 Å². The Morgan fingerprint density at radius 2 is 0.923 bits per heavy atom. The zero-order valence-electron chi connectivity index (χ0n) is 15.6. The lowest BCUT2D eigenvalue weighted by Crippen LogP contribution is -2.19. The van der Waals surface area contributed by atoms with Crippen molar-refractivity contribution in [3.63, 3.8) is 0 Å². The predicted molar refractivity (Wildman–Crippen MR) is 96.8 cm³/mol. The van der Waals surface area contributed by atoms with Gasteiger partial charge in [0.15, 0.2) is 0 Å². The second-order valence-corrected chi connectivity index (χ2v) is 6.40. The van der Waals surface area contributed by atoms with Crippen molar-refractivity contribution in [2.24, 2.45) is 11.8 Å². The first kappa shape index (κ1) is 27.0. The van der Waals surface area contributed by atoms with E-state index in [1.807, 2.05) is 0 Å². The highest BCUT2D eigenvalue weighted by atomic mass is 16.4. The van der Waals surface area contributed by atoms with Crippen molar-refractivity contribution in [3.8, 4) is 0 Å². The summed E-state index contributed by atoms with van der Waals surface area (Å²) < 4.78 is 0. The van der Waals surface area contributed by atoms with Crippen molar-refractivity contribution >= 4 is 11.9 Å². The summed E-state index contributed by atoms with van der Waals surface area (Å²) in [5.74, 6) is -0.707. The molecule has 8 nitrogen and oxygen atoms in total. The quantitative estimate of drug-likeness (QED) is 0.309. The van der Waals surface area contributed by atoms with Crippen LogP contribution >= 0.6 is 0 Å². The first-order valence-corrected chi connectivity index (χ1v) is 9.28. The summed E-state index contributed by atoms with van der Waals surface area (Å²) in [5, 5.41) is 50.0. The third-order valence-corrected chi connectivity index (χ3v) is 4.08. The number of aliphatic hydroxyl groups is 4. The number of carboxylic acids is 2. The average molecular weight is 380 g/mol. The summed E-state index contributed by atoms with van der Waals surface area (Å²) >= 11 is 0. The molecule has 0 aromatic carbocycles. The molecule has 0 aromatic heterocycles. The number of aliphatic carboxylic acids is 2. The van der Waals surface area contributed by atoms with Gasteiger partial charge in [0, 0.05) is 39.3 Å². The summed E-state index contributed by atoms with van der Waals surface area (Å²) in [7, 11) is 0. The fraction of sp³-hybridized carbons (Fsp3) is 0.889. The zero-order valence-corrected chi connectivity index (χ0v) is 15.6. The van der Waals surface area contributed by atoms with Crippen LogP contribution in [0.25, 0.3) is 0 Å². The molecule has 0 spiro atoms. The number of carbonyl (C=O) groups is 2. The van der Waals surface area contributed by atoms with Gasteiger partial charge in [0.1, 0.15) is 0 Å². The van der Waals surface area contributed by atoms with E-state index in [2.05, 4.69) is 0 Å². The minimum absolute atomic E-state index is 0.0628. The second-order valence-electron chi connectivity index (χ2n) is 6.40. The van der Waals surface area contributed by atoms with Crippen molar-refractivity contribution in [1.29, 1.82) is 0 Å². The topological polar surface area (TPSA) is 156 Å². The molecule has 1 saturated carbocycles. The van der Waals surface area contributed by atoms with Gasteiger partial charge in [-0.2, -0.15) is 0 Å². The fourth-order valence-corrected chi connectivity index (χ4v) is 2.37. The Bertz CT molecular complexity index is 295. The molecule has 0 aromatic rings. The Balaban J connectivity index is 0. The maximum Gasteiger partial charge on any atom is 0.303 e. The van der Waals surface area contributed by atoms with Crippen LogP contribution in [0.1, 0.15) is 64.2 Å². The molecule has 1 aliphatic carbocycles. The van der Waals surface area contributed by atoms with Gasteiger partial charge in [-0.1, -0.05) is 0 Å². The number of hydrogen-bond donors (Lipinski definition) is 6. The standard InChI is InChI=1S/C8H16O2.C6H10O4.C4H10O2/c9-5-7-1-2-8(6-10)4-3-7;7-5(8)3-1-2-4-6(9)10;5-3-1-2-4-6/h7-10H,1-6H2;1-4H2,(H,7,8)(H,9,10);5-6H,1-4H2. The molecule has 156 valence electrons.